The van der Waals surface area contributed by atoms with Gasteiger partial charge in [-0.15, -0.1) is 0 Å². The molecule has 0 saturated heterocycles. The van der Waals surface area contributed by atoms with E-state index in [0.29, 0.717) is 6.42 Å². The number of unbranched alkanes of at least 4 members (excludes halogenated alkanes) is 3. The van der Waals surface area contributed by atoms with Gasteiger partial charge in [-0.25, -0.2) is 0 Å². The predicted octanol–water partition coefficient (Wildman–Crippen LogP) is 0.480. The third-order valence-corrected chi connectivity index (χ3v) is 2.15. The largest absolute Gasteiger partial charge is 0.811 e. The van der Waals surface area contributed by atoms with Gasteiger partial charge >= 0.3 is 0 Å². The highest BCUT2D eigenvalue weighted by Crippen LogP contribution is 2.24. The van der Waals surface area contributed by atoms with E-state index in [0.717, 1.165) is 19.3 Å². The zero-order valence-electron chi connectivity index (χ0n) is 6.21. The molecule has 10 heavy (non-hydrogen) atoms. The number of hydrogen-bond donors (Lipinski definition) is 0. The van der Waals surface area contributed by atoms with Gasteiger partial charge in [0, 0.05) is 0 Å². The fourth-order valence-electron chi connectivity index (χ4n) is 0.732. The molecule has 0 aliphatic heterocycles. The van der Waals surface area contributed by atoms with Crippen molar-refractivity contribution in [2.75, 3.05) is 6.16 Å². The Morgan fingerprint density at radius 1 is 1.20 bits per heavy atom. The van der Waals surface area contributed by atoms with Crippen LogP contribution in [0.3, 0.4) is 0 Å². The predicted molar refractivity (Wildman–Crippen MR) is 36.6 cm³/mol. The van der Waals surface area contributed by atoms with Crippen molar-refractivity contribution in [3.8, 4) is 0 Å². The number of rotatable bonds is 5. The maximum absolute atomic E-state index is 10.1. The second-order valence-corrected chi connectivity index (χ2v) is 4.06. The summed E-state index contributed by atoms with van der Waals surface area (Å²) in [6.45, 7) is 2.04. The van der Waals surface area contributed by atoms with Gasteiger partial charge in [0.05, 0.1) is 0 Å². The molecule has 0 aromatic rings. The average molecular weight is 164 g/mol. The quantitative estimate of drug-likeness (QED) is 0.438. The molecule has 0 heterocycles. The van der Waals surface area contributed by atoms with E-state index < -0.39 is 7.60 Å². The van der Waals surface area contributed by atoms with Crippen LogP contribution >= 0.6 is 7.60 Å². The monoisotopic (exact) mass is 164 g/mol. The summed E-state index contributed by atoms with van der Waals surface area (Å²) in [6, 6.07) is 0. The third-order valence-electron chi connectivity index (χ3n) is 1.29. The summed E-state index contributed by atoms with van der Waals surface area (Å²) in [7, 11) is -4.21. The first kappa shape index (κ1) is 10.2. The van der Waals surface area contributed by atoms with Gasteiger partial charge in [0.15, 0.2) is 0 Å². The van der Waals surface area contributed by atoms with Crippen molar-refractivity contribution in [3.05, 3.63) is 0 Å². The maximum atomic E-state index is 10.1. The molecule has 0 N–H and O–H groups in total. The molecule has 0 saturated carbocycles. The summed E-state index contributed by atoms with van der Waals surface area (Å²) in [5.41, 5.74) is 0. The van der Waals surface area contributed by atoms with Crippen LogP contribution in [0, 0.1) is 0 Å². The van der Waals surface area contributed by atoms with Crippen LogP contribution in [0.25, 0.3) is 0 Å². The first-order valence-electron chi connectivity index (χ1n) is 3.57. The van der Waals surface area contributed by atoms with Crippen molar-refractivity contribution in [1.29, 1.82) is 0 Å². The first-order chi connectivity index (χ1) is 4.56. The van der Waals surface area contributed by atoms with Gasteiger partial charge in [-0.3, -0.25) is 0 Å². The van der Waals surface area contributed by atoms with Crippen LogP contribution in [0.1, 0.15) is 32.6 Å². The lowest BCUT2D eigenvalue weighted by molar-refractivity contribution is -0.313. The van der Waals surface area contributed by atoms with Crippen molar-refractivity contribution >= 4 is 7.60 Å². The fraction of sp³-hybridized carbons (Fsp3) is 1.00. The highest BCUT2D eigenvalue weighted by Gasteiger charge is 1.90. The maximum Gasteiger partial charge on any atom is -0.0250 e. The topological polar surface area (TPSA) is 63.2 Å². The SMILES string of the molecule is CCCCCCP(=O)([O-])[O-]. The van der Waals surface area contributed by atoms with Gasteiger partial charge in [-0.2, -0.15) is 0 Å². The van der Waals surface area contributed by atoms with Gasteiger partial charge in [0.25, 0.3) is 0 Å². The van der Waals surface area contributed by atoms with E-state index in [1.165, 1.54) is 0 Å². The van der Waals surface area contributed by atoms with E-state index in [4.69, 9.17) is 0 Å². The molecule has 0 aliphatic carbocycles. The van der Waals surface area contributed by atoms with Crippen LogP contribution < -0.4 is 9.79 Å². The Bertz CT molecular complexity index is 118. The second-order valence-electron chi connectivity index (χ2n) is 2.40. The van der Waals surface area contributed by atoms with Crippen LogP contribution in [-0.4, -0.2) is 6.16 Å². The lowest BCUT2D eigenvalue weighted by atomic mass is 10.2. The molecule has 0 unspecified atom stereocenters. The molecule has 0 atom stereocenters. The van der Waals surface area contributed by atoms with Crippen LogP contribution in [0.2, 0.25) is 0 Å². The van der Waals surface area contributed by atoms with E-state index >= 15 is 0 Å². The summed E-state index contributed by atoms with van der Waals surface area (Å²) >= 11 is 0. The van der Waals surface area contributed by atoms with Crippen molar-refractivity contribution in [1.82, 2.24) is 0 Å². The highest BCUT2D eigenvalue weighted by molar-refractivity contribution is 7.48. The van der Waals surface area contributed by atoms with Crippen LogP contribution in [0.4, 0.5) is 0 Å². The first-order valence-corrected chi connectivity index (χ1v) is 5.30. The van der Waals surface area contributed by atoms with Crippen LogP contribution in [0.15, 0.2) is 0 Å². The molecule has 0 fully saturated rings. The minimum atomic E-state index is -4.21. The molecule has 0 bridgehead atoms. The summed E-state index contributed by atoms with van der Waals surface area (Å²) in [6.07, 6.45) is 3.28. The molecule has 3 nitrogen and oxygen atoms in total. The molecule has 0 radical (unpaired) electrons. The molecule has 0 aliphatic rings. The Morgan fingerprint density at radius 2 is 1.80 bits per heavy atom. The Kier molecular flexibility index (Phi) is 4.96. The van der Waals surface area contributed by atoms with Gasteiger partial charge in [-0.05, 0) is 12.6 Å². The summed E-state index contributed by atoms with van der Waals surface area (Å²) in [4.78, 5) is 20.1. The average Bonchev–Trinajstić information content (AvgIpc) is 1.78. The molecule has 0 spiro atoms. The number of hydrogen-bond acceptors (Lipinski definition) is 3. The standard InChI is InChI=1S/C6H15O3P/c1-2-3-4-5-6-10(7,8)9/h2-6H2,1H3,(H2,7,8,9)/p-2. The Hall–Kier alpha value is 0.150. The van der Waals surface area contributed by atoms with Crippen LogP contribution in [0.5, 0.6) is 0 Å². The molecule has 0 aromatic carbocycles. The van der Waals surface area contributed by atoms with E-state index in [9.17, 15) is 14.4 Å². The van der Waals surface area contributed by atoms with Gasteiger partial charge < -0.3 is 14.4 Å². The Morgan fingerprint density at radius 3 is 2.20 bits per heavy atom. The minimum absolute atomic E-state index is 0.174. The summed E-state index contributed by atoms with van der Waals surface area (Å²) in [5.74, 6) is 0. The van der Waals surface area contributed by atoms with Gasteiger partial charge in [-0.1, -0.05) is 33.8 Å². The molecule has 0 aromatic heterocycles. The fourth-order valence-corrected chi connectivity index (χ4v) is 1.34. The van der Waals surface area contributed by atoms with E-state index in [2.05, 4.69) is 0 Å². The van der Waals surface area contributed by atoms with E-state index in [1.54, 1.807) is 0 Å². The van der Waals surface area contributed by atoms with Crippen molar-refractivity contribution in [2.45, 2.75) is 32.6 Å². The van der Waals surface area contributed by atoms with E-state index in [-0.39, 0.29) is 6.16 Å². The lowest BCUT2D eigenvalue weighted by Crippen LogP contribution is -2.16. The Balaban J connectivity index is 3.13. The summed E-state index contributed by atoms with van der Waals surface area (Å²) < 4.78 is 10.1. The molecule has 0 rings (SSSR count). The lowest BCUT2D eigenvalue weighted by Gasteiger charge is -2.29. The highest BCUT2D eigenvalue weighted by atomic mass is 31.2. The normalized spacial score (nSPS) is 11.9. The summed E-state index contributed by atoms with van der Waals surface area (Å²) in [5, 5.41) is 0. The molecule has 62 valence electrons. The zero-order chi connectivity index (χ0) is 8.04. The smallest absolute Gasteiger partial charge is 0.0250 e. The second kappa shape index (κ2) is 4.89. The molecular weight excluding hydrogens is 151 g/mol. The minimum Gasteiger partial charge on any atom is -0.811 e. The molecule has 0 amide bonds. The van der Waals surface area contributed by atoms with Crippen molar-refractivity contribution < 1.29 is 14.4 Å². The van der Waals surface area contributed by atoms with Crippen LogP contribution in [-0.2, 0) is 4.57 Å². The third kappa shape index (κ3) is 8.15. The van der Waals surface area contributed by atoms with Crippen molar-refractivity contribution in [3.63, 3.8) is 0 Å². The van der Waals surface area contributed by atoms with Gasteiger partial charge in [0.2, 0.25) is 0 Å². The van der Waals surface area contributed by atoms with Gasteiger partial charge in [0.1, 0.15) is 0 Å². The Labute approximate surface area is 61.6 Å². The van der Waals surface area contributed by atoms with Crippen molar-refractivity contribution in [2.24, 2.45) is 0 Å². The van der Waals surface area contributed by atoms with E-state index in [1.807, 2.05) is 6.92 Å². The molecule has 4 heteroatoms. The molecular formula is C6H13O3P-2. The zero-order valence-corrected chi connectivity index (χ0v) is 7.10.